The van der Waals surface area contributed by atoms with E-state index >= 15 is 0 Å². The Labute approximate surface area is 94.6 Å². The Morgan fingerprint density at radius 2 is 2.06 bits per heavy atom. The van der Waals surface area contributed by atoms with E-state index in [1.54, 1.807) is 9.80 Å². The highest BCUT2D eigenvalue weighted by Crippen LogP contribution is 2.40. The van der Waals surface area contributed by atoms with Gasteiger partial charge in [-0.05, 0) is 12.8 Å². The molecule has 1 fully saturated rings. The average Bonchev–Trinajstić information content (AvgIpc) is 3.05. The number of aromatic nitrogens is 2. The number of likely N-dealkylation sites (N-methyl/N-ethyl adjacent to an activating group) is 1. The standard InChI is InChI=1S/C11H16N4O/c1-13-5-6-15-10(14(2)11(13)16)7-9(12-15)8-3-4-8/h7-8H,3-6H2,1-2H3. The maximum atomic E-state index is 11.9. The van der Waals surface area contributed by atoms with Crippen LogP contribution in [0.5, 0.6) is 0 Å². The fourth-order valence-corrected chi connectivity index (χ4v) is 2.13. The zero-order chi connectivity index (χ0) is 11.3. The lowest BCUT2D eigenvalue weighted by molar-refractivity contribution is 0.217. The SMILES string of the molecule is CN1CCn2nc(C3CC3)cc2N(C)C1=O. The minimum Gasteiger partial charge on any atom is -0.326 e. The van der Waals surface area contributed by atoms with Crippen LogP contribution in [0.1, 0.15) is 24.5 Å². The van der Waals surface area contributed by atoms with Gasteiger partial charge in [-0.2, -0.15) is 5.10 Å². The van der Waals surface area contributed by atoms with Gasteiger partial charge in [-0.3, -0.25) is 4.90 Å². The molecule has 16 heavy (non-hydrogen) atoms. The summed E-state index contributed by atoms with van der Waals surface area (Å²) >= 11 is 0. The van der Waals surface area contributed by atoms with Crippen molar-refractivity contribution >= 4 is 11.8 Å². The molecule has 5 heteroatoms. The molecule has 2 heterocycles. The highest BCUT2D eigenvalue weighted by Gasteiger charge is 2.30. The molecule has 1 aromatic rings. The number of rotatable bonds is 1. The van der Waals surface area contributed by atoms with E-state index in [4.69, 9.17) is 0 Å². The van der Waals surface area contributed by atoms with Crippen molar-refractivity contribution in [3.05, 3.63) is 11.8 Å². The Kier molecular flexibility index (Phi) is 1.96. The first-order chi connectivity index (χ1) is 7.66. The van der Waals surface area contributed by atoms with Gasteiger partial charge >= 0.3 is 6.03 Å². The van der Waals surface area contributed by atoms with Crippen molar-refractivity contribution in [3.63, 3.8) is 0 Å². The van der Waals surface area contributed by atoms with Gasteiger partial charge in [-0.15, -0.1) is 0 Å². The van der Waals surface area contributed by atoms with Crippen LogP contribution in [0.4, 0.5) is 10.6 Å². The molecule has 0 unspecified atom stereocenters. The first-order valence-electron chi connectivity index (χ1n) is 5.73. The van der Waals surface area contributed by atoms with Gasteiger partial charge in [0.15, 0.2) is 0 Å². The van der Waals surface area contributed by atoms with Gasteiger partial charge in [0.2, 0.25) is 0 Å². The predicted molar refractivity (Wildman–Crippen MR) is 60.6 cm³/mol. The van der Waals surface area contributed by atoms with E-state index < -0.39 is 0 Å². The molecule has 0 radical (unpaired) electrons. The molecule has 1 saturated carbocycles. The van der Waals surface area contributed by atoms with Crippen LogP contribution in [0.2, 0.25) is 0 Å². The van der Waals surface area contributed by atoms with Crippen LogP contribution >= 0.6 is 0 Å². The maximum Gasteiger partial charge on any atom is 0.325 e. The van der Waals surface area contributed by atoms with Crippen molar-refractivity contribution in [2.45, 2.75) is 25.3 Å². The average molecular weight is 220 g/mol. The van der Waals surface area contributed by atoms with E-state index in [1.807, 2.05) is 18.8 Å². The van der Waals surface area contributed by atoms with Crippen molar-refractivity contribution in [1.29, 1.82) is 0 Å². The molecule has 5 nitrogen and oxygen atoms in total. The number of carbonyl (C=O) groups excluding carboxylic acids is 1. The van der Waals surface area contributed by atoms with Gasteiger partial charge in [-0.1, -0.05) is 0 Å². The molecule has 2 amide bonds. The molecular formula is C11H16N4O. The summed E-state index contributed by atoms with van der Waals surface area (Å²) < 4.78 is 1.95. The second-order valence-corrected chi connectivity index (χ2v) is 4.69. The van der Waals surface area contributed by atoms with Crippen molar-refractivity contribution in [2.75, 3.05) is 25.5 Å². The summed E-state index contributed by atoms with van der Waals surface area (Å²) in [4.78, 5) is 15.3. The second-order valence-electron chi connectivity index (χ2n) is 4.69. The number of nitrogens with zero attached hydrogens (tertiary/aromatic N) is 4. The quantitative estimate of drug-likeness (QED) is 0.715. The maximum absolute atomic E-state index is 11.9. The van der Waals surface area contributed by atoms with Crippen LogP contribution in [-0.2, 0) is 6.54 Å². The van der Waals surface area contributed by atoms with Gasteiger partial charge in [0.05, 0.1) is 12.2 Å². The monoisotopic (exact) mass is 220 g/mol. The third-order valence-corrected chi connectivity index (χ3v) is 3.38. The number of urea groups is 1. The predicted octanol–water partition coefficient (Wildman–Crippen LogP) is 1.26. The lowest BCUT2D eigenvalue weighted by atomic mass is 10.3. The van der Waals surface area contributed by atoms with E-state index in [1.165, 1.54) is 12.8 Å². The molecule has 0 saturated heterocycles. The molecule has 0 atom stereocenters. The molecular weight excluding hydrogens is 204 g/mol. The molecule has 3 rings (SSSR count). The fourth-order valence-electron chi connectivity index (χ4n) is 2.13. The lowest BCUT2D eigenvalue weighted by Crippen LogP contribution is -2.37. The molecule has 2 aliphatic rings. The summed E-state index contributed by atoms with van der Waals surface area (Å²) in [5.74, 6) is 1.57. The molecule has 1 aliphatic heterocycles. The normalized spacial score (nSPS) is 21.0. The largest absolute Gasteiger partial charge is 0.326 e. The smallest absolute Gasteiger partial charge is 0.325 e. The Balaban J connectivity index is 1.98. The molecule has 1 aliphatic carbocycles. The zero-order valence-corrected chi connectivity index (χ0v) is 9.68. The minimum atomic E-state index is 0.0426. The molecule has 0 spiro atoms. The molecule has 0 aromatic carbocycles. The van der Waals surface area contributed by atoms with Crippen LogP contribution in [0.25, 0.3) is 0 Å². The fraction of sp³-hybridized carbons (Fsp3) is 0.636. The van der Waals surface area contributed by atoms with Gasteiger partial charge in [0.25, 0.3) is 0 Å². The number of hydrogen-bond donors (Lipinski definition) is 0. The third-order valence-electron chi connectivity index (χ3n) is 3.38. The summed E-state index contributed by atoms with van der Waals surface area (Å²) in [6, 6.07) is 2.11. The van der Waals surface area contributed by atoms with Gasteiger partial charge in [0, 0.05) is 32.6 Å². The van der Waals surface area contributed by atoms with Crippen molar-refractivity contribution in [2.24, 2.45) is 0 Å². The number of hydrogen-bond acceptors (Lipinski definition) is 2. The summed E-state index contributed by atoms with van der Waals surface area (Å²) in [6.07, 6.45) is 2.49. The second kappa shape index (κ2) is 3.23. The highest BCUT2D eigenvalue weighted by atomic mass is 16.2. The van der Waals surface area contributed by atoms with Crippen LogP contribution in [-0.4, -0.2) is 41.4 Å². The first-order valence-corrected chi connectivity index (χ1v) is 5.73. The van der Waals surface area contributed by atoms with E-state index in [0.29, 0.717) is 5.92 Å². The summed E-state index contributed by atoms with van der Waals surface area (Å²) in [5.41, 5.74) is 1.15. The van der Waals surface area contributed by atoms with Crippen molar-refractivity contribution in [3.8, 4) is 0 Å². The van der Waals surface area contributed by atoms with E-state index in [0.717, 1.165) is 24.6 Å². The first kappa shape index (κ1) is 9.69. The summed E-state index contributed by atoms with van der Waals surface area (Å²) in [6.45, 7) is 1.51. The summed E-state index contributed by atoms with van der Waals surface area (Å²) in [7, 11) is 3.64. The highest BCUT2D eigenvalue weighted by molar-refractivity contribution is 5.90. The molecule has 86 valence electrons. The number of carbonyl (C=O) groups is 1. The van der Waals surface area contributed by atoms with Gasteiger partial charge in [-0.25, -0.2) is 9.48 Å². The third kappa shape index (κ3) is 1.38. The van der Waals surface area contributed by atoms with Crippen LogP contribution in [0, 0.1) is 0 Å². The lowest BCUT2D eigenvalue weighted by Gasteiger charge is -2.19. The number of fused-ring (bicyclic) bond motifs is 1. The molecule has 1 aromatic heterocycles. The van der Waals surface area contributed by atoms with Gasteiger partial charge in [0.1, 0.15) is 5.82 Å². The Morgan fingerprint density at radius 3 is 2.75 bits per heavy atom. The topological polar surface area (TPSA) is 41.4 Å². The minimum absolute atomic E-state index is 0.0426. The Bertz CT molecular complexity index is 435. The van der Waals surface area contributed by atoms with E-state index in [2.05, 4.69) is 11.2 Å². The van der Waals surface area contributed by atoms with Crippen LogP contribution in [0.15, 0.2) is 6.07 Å². The van der Waals surface area contributed by atoms with Crippen LogP contribution < -0.4 is 4.90 Å². The molecule has 0 bridgehead atoms. The molecule has 0 N–H and O–H groups in total. The Morgan fingerprint density at radius 1 is 1.31 bits per heavy atom. The van der Waals surface area contributed by atoms with Crippen molar-refractivity contribution in [1.82, 2.24) is 14.7 Å². The van der Waals surface area contributed by atoms with E-state index in [9.17, 15) is 4.79 Å². The van der Waals surface area contributed by atoms with E-state index in [-0.39, 0.29) is 6.03 Å². The zero-order valence-electron chi connectivity index (χ0n) is 9.68. The van der Waals surface area contributed by atoms with Crippen molar-refractivity contribution < 1.29 is 4.79 Å². The Hall–Kier alpha value is -1.52. The summed E-state index contributed by atoms with van der Waals surface area (Å²) in [5, 5.41) is 4.59. The van der Waals surface area contributed by atoms with Crippen LogP contribution in [0.3, 0.4) is 0 Å². The van der Waals surface area contributed by atoms with Gasteiger partial charge < -0.3 is 4.90 Å². The number of anilines is 1. The number of amides is 2.